The molecule has 3 aliphatic rings. The number of hydrogen-bond acceptors (Lipinski definition) is 3. The molecule has 0 bridgehead atoms. The van der Waals surface area contributed by atoms with Gasteiger partial charge in [-0.25, -0.2) is 0 Å². The van der Waals surface area contributed by atoms with Crippen molar-refractivity contribution in [1.82, 2.24) is 0 Å². The molecule has 3 heterocycles. The highest BCUT2D eigenvalue weighted by molar-refractivity contribution is 6.00. The summed E-state index contributed by atoms with van der Waals surface area (Å²) in [6.45, 7) is 2.27. The van der Waals surface area contributed by atoms with E-state index in [1.165, 1.54) is 66.6 Å². The van der Waals surface area contributed by atoms with E-state index in [2.05, 4.69) is 272 Å². The topological polar surface area (TPSA) is 19.6 Å². The Bertz CT molecular complexity index is 3710. The van der Waals surface area contributed by atoms with Crippen LogP contribution in [0.3, 0.4) is 0 Å². The Balaban J connectivity index is 1.000. The maximum atomic E-state index is 6.62. The lowest BCUT2D eigenvalue weighted by atomic mass is 9.59. The van der Waals surface area contributed by atoms with Crippen LogP contribution in [0.1, 0.15) is 40.5 Å². The molecular formula is C68H48N2O. The smallest absolute Gasteiger partial charge is 0.142 e. The van der Waals surface area contributed by atoms with Crippen molar-refractivity contribution in [2.75, 3.05) is 9.80 Å². The molecule has 3 heteroatoms. The van der Waals surface area contributed by atoms with Gasteiger partial charge >= 0.3 is 0 Å². The Hall–Kier alpha value is -8.92. The molecule has 14 rings (SSSR count). The Morgan fingerprint density at radius 1 is 0.394 bits per heavy atom. The third kappa shape index (κ3) is 6.43. The summed E-state index contributed by atoms with van der Waals surface area (Å²) >= 11 is 0. The summed E-state index contributed by atoms with van der Waals surface area (Å²) in [5.74, 6) is 1.48. The van der Waals surface area contributed by atoms with Crippen LogP contribution < -0.4 is 9.80 Å². The molecule has 0 N–H and O–H groups in total. The van der Waals surface area contributed by atoms with Crippen LogP contribution >= 0.6 is 0 Å². The zero-order valence-electron chi connectivity index (χ0n) is 39.3. The normalized spacial score (nSPS) is 14.9. The van der Waals surface area contributed by atoms with Gasteiger partial charge in [0.2, 0.25) is 0 Å². The van der Waals surface area contributed by atoms with Gasteiger partial charge in [0.15, 0.2) is 0 Å². The first-order chi connectivity index (χ1) is 35.1. The molecule has 10 aromatic carbocycles. The van der Waals surface area contributed by atoms with Gasteiger partial charge in [0.05, 0.1) is 28.2 Å². The number of anilines is 6. The molecule has 2 aliphatic heterocycles. The number of para-hydroxylation sites is 3. The molecule has 1 unspecified atom stereocenters. The van der Waals surface area contributed by atoms with E-state index < -0.39 is 5.41 Å². The van der Waals surface area contributed by atoms with Crippen molar-refractivity contribution < 1.29 is 4.42 Å². The first kappa shape index (κ1) is 41.1. The maximum absolute atomic E-state index is 6.62. The van der Waals surface area contributed by atoms with Crippen LogP contribution in [0.25, 0.3) is 61.6 Å². The molecule has 1 aliphatic carbocycles. The first-order valence-electron chi connectivity index (χ1n) is 24.8. The highest BCUT2D eigenvalue weighted by Gasteiger charge is 2.52. The molecule has 0 saturated heterocycles. The summed E-state index contributed by atoms with van der Waals surface area (Å²) in [6.07, 6.45) is 5.41. The summed E-state index contributed by atoms with van der Waals surface area (Å²) < 4.78 is 6.62. The number of furan rings is 1. The van der Waals surface area contributed by atoms with Crippen molar-refractivity contribution in [3.8, 4) is 44.5 Å². The van der Waals surface area contributed by atoms with Crippen LogP contribution in [0.5, 0.6) is 0 Å². The Morgan fingerprint density at radius 3 is 1.37 bits per heavy atom. The molecule has 0 radical (unpaired) electrons. The van der Waals surface area contributed by atoms with Gasteiger partial charge in [-0.15, -0.1) is 0 Å². The lowest BCUT2D eigenvalue weighted by Gasteiger charge is -2.51. The average Bonchev–Trinajstić information content (AvgIpc) is 3.82. The van der Waals surface area contributed by atoms with Crippen molar-refractivity contribution in [2.24, 2.45) is 5.92 Å². The van der Waals surface area contributed by atoms with E-state index in [0.717, 1.165) is 63.0 Å². The number of fused-ring (bicyclic) bond motifs is 11. The Kier molecular flexibility index (Phi) is 9.47. The van der Waals surface area contributed by atoms with Gasteiger partial charge < -0.3 is 14.2 Å². The van der Waals surface area contributed by atoms with E-state index in [4.69, 9.17) is 4.42 Å². The monoisotopic (exact) mass is 908 g/mol. The molecule has 0 fully saturated rings. The lowest BCUT2D eigenvalue weighted by Crippen LogP contribution is -2.42. The predicted molar refractivity (Wildman–Crippen MR) is 295 cm³/mol. The fourth-order valence-electron chi connectivity index (χ4n) is 12.0. The molecular weight excluding hydrogens is 861 g/mol. The zero-order chi connectivity index (χ0) is 47.0. The maximum Gasteiger partial charge on any atom is 0.142 e. The number of allylic oxidation sites excluding steroid dienone is 1. The first-order valence-corrected chi connectivity index (χ1v) is 24.8. The quantitative estimate of drug-likeness (QED) is 0.166. The molecule has 1 aromatic heterocycles. The minimum absolute atomic E-state index is 0.490. The molecule has 71 heavy (non-hydrogen) atoms. The molecule has 336 valence electrons. The molecule has 3 nitrogen and oxygen atoms in total. The third-order valence-corrected chi connectivity index (χ3v) is 15.2. The molecule has 1 atom stereocenters. The molecule has 11 aromatic rings. The SMILES string of the molecule is CC1C=Cc2oc3c(-c4ccc(N5c6ccccc6C6(c7ccccc75)c5cc(-c7ccccc7)ccc5N(c5ccc(-c7ccccc7)cc5)c5ccc(-c7ccccc7)cc56)cc4)cccc3c2C1. The standard InChI is InChI=1S/C68H48N2O/c1-45-28-41-66-57(42-45)56-23-15-22-55(67(56)71-66)50-31-37-54(38-32-50)69-62-26-13-11-24-58(62)68(59-25-12-14-27-63(59)69)60-43-51(47-18-7-3-8-19-47)33-39-64(60)70(53-35-29-49(30-36-53)46-16-5-2-6-17-46)65-40-34-52(44-61(65)68)48-20-9-4-10-21-48/h2-41,43-45H,42H2,1H3. The van der Waals surface area contributed by atoms with Crippen LogP contribution in [0.15, 0.2) is 253 Å². The highest BCUT2D eigenvalue weighted by Crippen LogP contribution is 2.65. The van der Waals surface area contributed by atoms with Crippen molar-refractivity contribution >= 4 is 51.2 Å². The van der Waals surface area contributed by atoms with Crippen molar-refractivity contribution in [3.63, 3.8) is 0 Å². The second-order valence-electron chi connectivity index (χ2n) is 19.3. The Morgan fingerprint density at radius 2 is 0.831 bits per heavy atom. The van der Waals surface area contributed by atoms with Gasteiger partial charge in [0, 0.05) is 27.9 Å². The fraction of sp³-hybridized carbons (Fsp3) is 0.0588. The van der Waals surface area contributed by atoms with Crippen molar-refractivity contribution in [3.05, 3.63) is 282 Å². The number of nitrogens with zero attached hydrogens (tertiary/aromatic N) is 2. The molecule has 0 amide bonds. The molecule has 0 saturated carbocycles. The minimum atomic E-state index is -0.732. The summed E-state index contributed by atoms with van der Waals surface area (Å²) in [6, 6.07) is 89.7. The van der Waals surface area contributed by atoms with Gasteiger partial charge in [-0.1, -0.05) is 195 Å². The van der Waals surface area contributed by atoms with Crippen LogP contribution in [0.2, 0.25) is 0 Å². The van der Waals surface area contributed by atoms with Gasteiger partial charge in [-0.05, 0) is 140 Å². The van der Waals surface area contributed by atoms with Crippen LogP contribution in [0, 0.1) is 5.92 Å². The molecule has 1 spiro atoms. The van der Waals surface area contributed by atoms with Gasteiger partial charge in [0.25, 0.3) is 0 Å². The van der Waals surface area contributed by atoms with Gasteiger partial charge in [-0.3, -0.25) is 0 Å². The van der Waals surface area contributed by atoms with Crippen LogP contribution in [-0.4, -0.2) is 0 Å². The second-order valence-corrected chi connectivity index (χ2v) is 19.3. The fourth-order valence-corrected chi connectivity index (χ4v) is 12.0. The average molecular weight is 909 g/mol. The zero-order valence-corrected chi connectivity index (χ0v) is 39.3. The van der Waals surface area contributed by atoms with E-state index in [1.807, 2.05) is 0 Å². The van der Waals surface area contributed by atoms with Gasteiger partial charge in [-0.2, -0.15) is 0 Å². The largest absolute Gasteiger partial charge is 0.456 e. The summed E-state index contributed by atoms with van der Waals surface area (Å²) in [7, 11) is 0. The highest BCUT2D eigenvalue weighted by atomic mass is 16.3. The summed E-state index contributed by atoms with van der Waals surface area (Å²) in [4.78, 5) is 4.98. The minimum Gasteiger partial charge on any atom is -0.456 e. The van der Waals surface area contributed by atoms with E-state index in [0.29, 0.717) is 5.92 Å². The number of hydrogen-bond donors (Lipinski definition) is 0. The van der Waals surface area contributed by atoms with E-state index in [1.54, 1.807) is 0 Å². The van der Waals surface area contributed by atoms with Crippen molar-refractivity contribution in [1.29, 1.82) is 0 Å². The second kappa shape index (κ2) is 16.4. The third-order valence-electron chi connectivity index (χ3n) is 15.2. The Labute approximate surface area is 414 Å². The van der Waals surface area contributed by atoms with Crippen LogP contribution in [-0.2, 0) is 11.8 Å². The van der Waals surface area contributed by atoms with Crippen molar-refractivity contribution in [2.45, 2.75) is 18.8 Å². The van der Waals surface area contributed by atoms with Crippen LogP contribution in [0.4, 0.5) is 34.1 Å². The summed E-state index contributed by atoms with van der Waals surface area (Å²) in [5.41, 5.74) is 22.6. The van der Waals surface area contributed by atoms with E-state index in [9.17, 15) is 0 Å². The van der Waals surface area contributed by atoms with Gasteiger partial charge in [0.1, 0.15) is 11.3 Å². The number of benzene rings is 10. The van der Waals surface area contributed by atoms with E-state index in [-0.39, 0.29) is 0 Å². The predicted octanol–water partition coefficient (Wildman–Crippen LogP) is 18.3. The number of rotatable bonds is 6. The van der Waals surface area contributed by atoms with E-state index >= 15 is 0 Å². The summed E-state index contributed by atoms with van der Waals surface area (Å²) in [5, 5.41) is 1.21. The lowest BCUT2D eigenvalue weighted by molar-refractivity contribution is 0.585.